The van der Waals surface area contributed by atoms with Crippen molar-refractivity contribution in [2.45, 2.75) is 51.5 Å². The second-order valence-corrected chi connectivity index (χ2v) is 6.24. The molecular formula is C17H24ClNO2. The molecule has 4 heteroatoms. The Morgan fingerprint density at radius 3 is 2.67 bits per heavy atom. The van der Waals surface area contributed by atoms with Crippen LogP contribution in [-0.2, 0) is 4.74 Å². The second kappa shape index (κ2) is 7.69. The number of carbonyl (C=O) groups is 1. The summed E-state index contributed by atoms with van der Waals surface area (Å²) in [6.45, 7) is 2.25. The highest BCUT2D eigenvalue weighted by molar-refractivity contribution is 6.33. The molecule has 3 nitrogen and oxygen atoms in total. The molecule has 1 aliphatic rings. The van der Waals surface area contributed by atoms with Crippen LogP contribution in [0.15, 0.2) is 18.2 Å². The third kappa shape index (κ3) is 4.37. The number of nitrogens with one attached hydrogen (secondary N) is 1. The van der Waals surface area contributed by atoms with Crippen molar-refractivity contribution in [1.82, 2.24) is 0 Å². The smallest absolute Gasteiger partial charge is 0.337 e. The lowest BCUT2D eigenvalue weighted by molar-refractivity contribution is 0.0601. The van der Waals surface area contributed by atoms with Gasteiger partial charge in [-0.1, -0.05) is 31.4 Å². The Morgan fingerprint density at radius 2 is 2.05 bits per heavy atom. The zero-order valence-corrected chi connectivity index (χ0v) is 13.6. The first kappa shape index (κ1) is 16.2. The molecule has 2 rings (SSSR count). The summed E-state index contributed by atoms with van der Waals surface area (Å²) in [6, 6.07) is 5.67. The van der Waals surface area contributed by atoms with Gasteiger partial charge in [0.1, 0.15) is 0 Å². The minimum atomic E-state index is -0.332. The van der Waals surface area contributed by atoms with Crippen LogP contribution in [0.3, 0.4) is 0 Å². The van der Waals surface area contributed by atoms with Gasteiger partial charge in [0.15, 0.2) is 0 Å². The molecule has 0 aromatic heterocycles. The maximum atomic E-state index is 11.6. The molecule has 1 saturated carbocycles. The minimum absolute atomic E-state index is 0.332. The van der Waals surface area contributed by atoms with Crippen molar-refractivity contribution in [2.24, 2.45) is 5.92 Å². The summed E-state index contributed by atoms with van der Waals surface area (Å²) < 4.78 is 4.75. The van der Waals surface area contributed by atoms with Crippen LogP contribution in [-0.4, -0.2) is 19.1 Å². The number of rotatable bonds is 5. The lowest BCUT2D eigenvalue weighted by atomic mass is 9.83. The van der Waals surface area contributed by atoms with Crippen molar-refractivity contribution in [3.8, 4) is 0 Å². The van der Waals surface area contributed by atoms with E-state index in [-0.39, 0.29) is 5.97 Å². The number of halogens is 1. The van der Waals surface area contributed by atoms with E-state index in [1.165, 1.54) is 45.6 Å². The number of ether oxygens (including phenoxy) is 1. The van der Waals surface area contributed by atoms with Gasteiger partial charge in [-0.25, -0.2) is 4.79 Å². The van der Waals surface area contributed by atoms with E-state index in [9.17, 15) is 4.79 Å². The van der Waals surface area contributed by atoms with Gasteiger partial charge in [0.05, 0.1) is 23.4 Å². The average Bonchev–Trinajstić information content (AvgIpc) is 2.51. The van der Waals surface area contributed by atoms with Crippen molar-refractivity contribution in [3.63, 3.8) is 0 Å². The fraction of sp³-hybridized carbons (Fsp3) is 0.588. The molecular weight excluding hydrogens is 286 g/mol. The Hall–Kier alpha value is -1.22. The largest absolute Gasteiger partial charge is 0.465 e. The standard InChI is InChI=1S/C17H24ClNO2/c1-3-4-12-5-8-14(9-6-12)19-16-11-13(17(20)21-2)7-10-15(16)18/h7,10-12,14,19H,3-6,8-9H2,1-2H3. The number of esters is 1. The Labute approximate surface area is 132 Å². The summed E-state index contributed by atoms with van der Waals surface area (Å²) in [6.07, 6.45) is 7.51. The highest BCUT2D eigenvalue weighted by Gasteiger charge is 2.21. The molecule has 0 radical (unpaired) electrons. The van der Waals surface area contributed by atoms with E-state index >= 15 is 0 Å². The molecule has 0 aliphatic heterocycles. The molecule has 0 bridgehead atoms. The molecule has 0 spiro atoms. The van der Waals surface area contributed by atoms with Gasteiger partial charge in [-0.15, -0.1) is 0 Å². The van der Waals surface area contributed by atoms with Crippen LogP contribution in [0.4, 0.5) is 5.69 Å². The van der Waals surface area contributed by atoms with Crippen molar-refractivity contribution in [3.05, 3.63) is 28.8 Å². The number of benzene rings is 1. The highest BCUT2D eigenvalue weighted by atomic mass is 35.5. The van der Waals surface area contributed by atoms with Crippen molar-refractivity contribution in [1.29, 1.82) is 0 Å². The molecule has 21 heavy (non-hydrogen) atoms. The predicted octanol–water partition coefficient (Wildman–Crippen LogP) is 4.90. The quantitative estimate of drug-likeness (QED) is 0.786. The lowest BCUT2D eigenvalue weighted by Gasteiger charge is -2.30. The molecule has 0 unspecified atom stereocenters. The minimum Gasteiger partial charge on any atom is -0.465 e. The molecule has 1 N–H and O–H groups in total. The monoisotopic (exact) mass is 309 g/mol. The first-order chi connectivity index (χ1) is 10.1. The molecule has 1 aromatic carbocycles. The molecule has 116 valence electrons. The van der Waals surface area contributed by atoms with Crippen LogP contribution >= 0.6 is 11.6 Å². The van der Waals surface area contributed by atoms with Crippen LogP contribution < -0.4 is 5.32 Å². The Kier molecular flexibility index (Phi) is 5.92. The Balaban J connectivity index is 1.98. The maximum Gasteiger partial charge on any atom is 0.337 e. The van der Waals surface area contributed by atoms with E-state index in [1.807, 2.05) is 0 Å². The highest BCUT2D eigenvalue weighted by Crippen LogP contribution is 2.31. The van der Waals surface area contributed by atoms with Gasteiger partial charge in [-0.3, -0.25) is 0 Å². The van der Waals surface area contributed by atoms with Crippen LogP contribution in [0, 0.1) is 5.92 Å². The average molecular weight is 310 g/mol. The van der Waals surface area contributed by atoms with E-state index < -0.39 is 0 Å². The number of carbonyl (C=O) groups excluding carboxylic acids is 1. The molecule has 0 amide bonds. The Morgan fingerprint density at radius 1 is 1.33 bits per heavy atom. The summed E-state index contributed by atoms with van der Waals surface area (Å²) in [5.41, 5.74) is 1.36. The third-order valence-corrected chi connectivity index (χ3v) is 4.62. The van der Waals surface area contributed by atoms with Gasteiger partial charge < -0.3 is 10.1 Å². The molecule has 1 aliphatic carbocycles. The van der Waals surface area contributed by atoms with Crippen LogP contribution in [0.5, 0.6) is 0 Å². The second-order valence-electron chi connectivity index (χ2n) is 5.84. The topological polar surface area (TPSA) is 38.3 Å². The third-order valence-electron chi connectivity index (χ3n) is 4.29. The van der Waals surface area contributed by atoms with Crippen LogP contribution in [0.1, 0.15) is 55.8 Å². The number of hydrogen-bond donors (Lipinski definition) is 1. The maximum absolute atomic E-state index is 11.6. The zero-order chi connectivity index (χ0) is 15.2. The van der Waals surface area contributed by atoms with Crippen molar-refractivity contribution in [2.75, 3.05) is 12.4 Å². The van der Waals surface area contributed by atoms with Crippen LogP contribution in [0.2, 0.25) is 5.02 Å². The number of hydrogen-bond acceptors (Lipinski definition) is 3. The van der Waals surface area contributed by atoms with E-state index in [2.05, 4.69) is 12.2 Å². The van der Waals surface area contributed by atoms with Gasteiger partial charge >= 0.3 is 5.97 Å². The molecule has 0 saturated heterocycles. The van der Waals surface area contributed by atoms with E-state index in [0.29, 0.717) is 16.6 Å². The molecule has 0 heterocycles. The fourth-order valence-corrected chi connectivity index (χ4v) is 3.28. The summed E-state index contributed by atoms with van der Waals surface area (Å²) in [4.78, 5) is 11.6. The van der Waals surface area contributed by atoms with Gasteiger partial charge in [0.2, 0.25) is 0 Å². The van der Waals surface area contributed by atoms with Crippen molar-refractivity contribution >= 4 is 23.3 Å². The van der Waals surface area contributed by atoms with Gasteiger partial charge in [0, 0.05) is 6.04 Å². The summed E-state index contributed by atoms with van der Waals surface area (Å²) in [5, 5.41) is 4.14. The molecule has 1 fully saturated rings. The molecule has 0 atom stereocenters. The number of anilines is 1. The van der Waals surface area contributed by atoms with Crippen molar-refractivity contribution < 1.29 is 9.53 Å². The van der Waals surface area contributed by atoms with E-state index in [4.69, 9.17) is 16.3 Å². The van der Waals surface area contributed by atoms with E-state index in [0.717, 1.165) is 11.6 Å². The normalized spacial score (nSPS) is 21.9. The summed E-state index contributed by atoms with van der Waals surface area (Å²) in [5.74, 6) is 0.547. The zero-order valence-electron chi connectivity index (χ0n) is 12.8. The van der Waals surface area contributed by atoms with Crippen LogP contribution in [0.25, 0.3) is 0 Å². The first-order valence-electron chi connectivity index (χ1n) is 7.78. The SMILES string of the molecule is CCCC1CCC(Nc2cc(C(=O)OC)ccc2Cl)CC1. The van der Waals surface area contributed by atoms with Gasteiger partial charge in [0.25, 0.3) is 0 Å². The van der Waals surface area contributed by atoms with Gasteiger partial charge in [-0.2, -0.15) is 0 Å². The number of methoxy groups -OCH3 is 1. The Bertz CT molecular complexity index is 482. The molecule has 1 aromatic rings. The summed E-state index contributed by atoms with van der Waals surface area (Å²) >= 11 is 6.23. The predicted molar refractivity (Wildman–Crippen MR) is 87.1 cm³/mol. The van der Waals surface area contributed by atoms with Gasteiger partial charge in [-0.05, 0) is 49.8 Å². The summed E-state index contributed by atoms with van der Waals surface area (Å²) in [7, 11) is 1.39. The lowest BCUT2D eigenvalue weighted by Crippen LogP contribution is -2.26. The fourth-order valence-electron chi connectivity index (χ4n) is 3.10. The van der Waals surface area contributed by atoms with E-state index in [1.54, 1.807) is 18.2 Å². The first-order valence-corrected chi connectivity index (χ1v) is 8.16.